The first-order valence-corrected chi connectivity index (χ1v) is 8.49. The van der Waals surface area contributed by atoms with E-state index in [-0.39, 0.29) is 6.04 Å². The molecule has 3 aromatic rings. The molecule has 3 rings (SSSR count). The number of amides is 1. The molecule has 0 saturated heterocycles. The van der Waals surface area contributed by atoms with Crippen molar-refractivity contribution in [3.63, 3.8) is 0 Å². The van der Waals surface area contributed by atoms with Gasteiger partial charge in [0.1, 0.15) is 5.69 Å². The summed E-state index contributed by atoms with van der Waals surface area (Å²) in [5, 5.41) is 5.14. The number of nitrogens with two attached hydrogens (primary N) is 1. The Balaban J connectivity index is 2.11. The number of carbonyl (C=O) groups is 1. The molecule has 2 heterocycles. The number of benzene rings is 1. The minimum atomic E-state index is -0.473. The van der Waals surface area contributed by atoms with Crippen molar-refractivity contribution in [1.82, 2.24) is 9.72 Å². The van der Waals surface area contributed by atoms with Crippen molar-refractivity contribution in [3.05, 3.63) is 51.6 Å². The third-order valence-electron chi connectivity index (χ3n) is 4.04. The number of halogens is 2. The highest BCUT2D eigenvalue weighted by molar-refractivity contribution is 6.36. The van der Waals surface area contributed by atoms with E-state index < -0.39 is 5.91 Å². The molecule has 0 unspecified atom stereocenters. The van der Waals surface area contributed by atoms with Crippen LogP contribution >= 0.6 is 23.2 Å². The summed E-state index contributed by atoms with van der Waals surface area (Å²) in [6, 6.07) is 8.81. The maximum absolute atomic E-state index is 11.7. The largest absolute Gasteiger partial charge is 0.366 e. The molecule has 0 saturated carbocycles. The van der Waals surface area contributed by atoms with E-state index in [2.05, 4.69) is 5.16 Å². The van der Waals surface area contributed by atoms with Gasteiger partial charge >= 0.3 is 0 Å². The van der Waals surface area contributed by atoms with E-state index >= 15 is 0 Å². The normalized spacial score (nSPS) is 11.3. The summed E-state index contributed by atoms with van der Waals surface area (Å²) in [6.45, 7) is 5.90. The zero-order valence-corrected chi connectivity index (χ0v) is 15.5. The summed E-state index contributed by atoms with van der Waals surface area (Å²) in [6.07, 6.45) is 0. The van der Waals surface area contributed by atoms with Crippen LogP contribution in [-0.4, -0.2) is 15.6 Å². The van der Waals surface area contributed by atoms with Crippen LogP contribution in [0.15, 0.2) is 34.9 Å². The molecule has 0 atom stereocenters. The number of nitrogens with zero attached hydrogens (tertiary/aromatic N) is 2. The van der Waals surface area contributed by atoms with Crippen LogP contribution in [0.5, 0.6) is 0 Å². The highest BCUT2D eigenvalue weighted by Gasteiger charge is 2.21. The molecule has 1 amide bonds. The van der Waals surface area contributed by atoms with E-state index in [9.17, 15) is 4.79 Å². The number of aromatic nitrogens is 2. The zero-order valence-electron chi connectivity index (χ0n) is 14.0. The molecule has 0 bridgehead atoms. The van der Waals surface area contributed by atoms with E-state index in [0.29, 0.717) is 27.1 Å². The monoisotopic (exact) mass is 377 g/mol. The maximum atomic E-state index is 11.7. The molecule has 25 heavy (non-hydrogen) atoms. The Morgan fingerprint density at radius 1 is 1.24 bits per heavy atom. The molecule has 0 fully saturated rings. The summed E-state index contributed by atoms with van der Waals surface area (Å²) < 4.78 is 7.51. The van der Waals surface area contributed by atoms with Gasteiger partial charge in [-0.25, -0.2) is 0 Å². The third kappa shape index (κ3) is 3.17. The summed E-state index contributed by atoms with van der Waals surface area (Å²) >= 11 is 12.2. The van der Waals surface area contributed by atoms with Crippen molar-refractivity contribution in [2.24, 2.45) is 5.73 Å². The van der Waals surface area contributed by atoms with E-state index in [1.165, 1.54) is 0 Å². The van der Waals surface area contributed by atoms with E-state index in [4.69, 9.17) is 33.5 Å². The van der Waals surface area contributed by atoms with Gasteiger partial charge in [0, 0.05) is 28.4 Å². The van der Waals surface area contributed by atoms with Gasteiger partial charge in [-0.3, -0.25) is 4.79 Å². The first kappa shape index (κ1) is 17.6. The fraction of sp³-hybridized carbons (Fsp3) is 0.222. The lowest BCUT2D eigenvalue weighted by atomic mass is 10.1. The summed E-state index contributed by atoms with van der Waals surface area (Å²) in [5.41, 5.74) is 8.78. The minimum Gasteiger partial charge on any atom is -0.366 e. The standard InChI is InChI=1S/C18H17Cl2N3O2/c1-9(2)23-10(3)13(18(21)24)7-16(23)17-8-15(22-25-17)12-5-4-11(19)6-14(12)20/h4-9H,1-3H3,(H2,21,24). The lowest BCUT2D eigenvalue weighted by molar-refractivity contribution is 0.0999. The van der Waals surface area contributed by atoms with Crippen LogP contribution in [0.2, 0.25) is 10.0 Å². The summed E-state index contributed by atoms with van der Waals surface area (Å²) in [4.78, 5) is 11.7. The molecular weight excluding hydrogens is 361 g/mol. The zero-order chi connectivity index (χ0) is 18.3. The van der Waals surface area contributed by atoms with Gasteiger partial charge in [-0.05, 0) is 45.0 Å². The Kier molecular flexibility index (Phi) is 4.62. The van der Waals surface area contributed by atoms with Gasteiger partial charge < -0.3 is 14.8 Å². The molecule has 130 valence electrons. The van der Waals surface area contributed by atoms with Crippen LogP contribution in [-0.2, 0) is 0 Å². The summed E-state index contributed by atoms with van der Waals surface area (Å²) in [5.74, 6) is 0.0592. The van der Waals surface area contributed by atoms with Crippen molar-refractivity contribution in [1.29, 1.82) is 0 Å². The van der Waals surface area contributed by atoms with Crippen LogP contribution in [0.3, 0.4) is 0 Å². The van der Waals surface area contributed by atoms with Gasteiger partial charge in [-0.2, -0.15) is 0 Å². The number of hydrogen-bond acceptors (Lipinski definition) is 3. The SMILES string of the molecule is Cc1c(C(N)=O)cc(-c2cc(-c3ccc(Cl)cc3Cl)no2)n1C(C)C. The molecule has 2 N–H and O–H groups in total. The van der Waals surface area contributed by atoms with Crippen LogP contribution in [0.25, 0.3) is 22.7 Å². The third-order valence-corrected chi connectivity index (χ3v) is 4.59. The van der Waals surface area contributed by atoms with Crippen molar-refractivity contribution >= 4 is 29.1 Å². The second-order valence-corrected chi connectivity index (χ2v) is 6.90. The fourth-order valence-electron chi connectivity index (χ4n) is 2.95. The molecule has 5 nitrogen and oxygen atoms in total. The van der Waals surface area contributed by atoms with Crippen LogP contribution in [0.4, 0.5) is 0 Å². The van der Waals surface area contributed by atoms with Crippen molar-refractivity contribution in [3.8, 4) is 22.7 Å². The Morgan fingerprint density at radius 3 is 2.56 bits per heavy atom. The number of hydrogen-bond donors (Lipinski definition) is 1. The van der Waals surface area contributed by atoms with Gasteiger partial charge in [0.15, 0.2) is 5.76 Å². The van der Waals surface area contributed by atoms with Crippen molar-refractivity contribution < 1.29 is 9.32 Å². The van der Waals surface area contributed by atoms with Crippen molar-refractivity contribution in [2.45, 2.75) is 26.8 Å². The highest BCUT2D eigenvalue weighted by Crippen LogP contribution is 2.34. The number of rotatable bonds is 4. The molecule has 7 heteroatoms. The predicted molar refractivity (Wildman–Crippen MR) is 99.0 cm³/mol. The minimum absolute atomic E-state index is 0.121. The van der Waals surface area contributed by atoms with Gasteiger partial charge in [-0.15, -0.1) is 0 Å². The molecule has 0 aliphatic rings. The van der Waals surface area contributed by atoms with Gasteiger partial charge in [-0.1, -0.05) is 28.4 Å². The number of primary amides is 1. The molecule has 1 aromatic carbocycles. The van der Waals surface area contributed by atoms with Crippen LogP contribution in [0.1, 0.15) is 35.9 Å². The molecule has 0 radical (unpaired) electrons. The van der Waals surface area contributed by atoms with Gasteiger partial charge in [0.05, 0.1) is 16.3 Å². The van der Waals surface area contributed by atoms with E-state index in [0.717, 1.165) is 17.0 Å². The van der Waals surface area contributed by atoms with Crippen LogP contribution < -0.4 is 5.73 Å². The second-order valence-electron chi connectivity index (χ2n) is 6.06. The second kappa shape index (κ2) is 6.58. The average Bonchev–Trinajstić information content (AvgIpc) is 3.11. The van der Waals surface area contributed by atoms with E-state index in [1.807, 2.05) is 25.3 Å². The summed E-state index contributed by atoms with van der Waals surface area (Å²) in [7, 11) is 0. The average molecular weight is 378 g/mol. The topological polar surface area (TPSA) is 74.1 Å². The number of carbonyl (C=O) groups excluding carboxylic acids is 1. The molecule has 2 aromatic heterocycles. The molecule has 0 aliphatic carbocycles. The smallest absolute Gasteiger partial charge is 0.250 e. The Hall–Kier alpha value is -2.24. The lowest BCUT2D eigenvalue weighted by Gasteiger charge is -2.14. The Bertz CT molecular complexity index is 957. The quantitative estimate of drug-likeness (QED) is 0.686. The Morgan fingerprint density at radius 2 is 1.96 bits per heavy atom. The Labute approximate surface area is 155 Å². The van der Waals surface area contributed by atoms with Crippen LogP contribution in [0, 0.1) is 6.92 Å². The lowest BCUT2D eigenvalue weighted by Crippen LogP contribution is -2.13. The predicted octanol–water partition coefficient (Wildman–Crippen LogP) is 5.11. The molecular formula is C18H17Cl2N3O2. The first-order chi connectivity index (χ1) is 11.8. The molecule has 0 aliphatic heterocycles. The van der Waals surface area contributed by atoms with E-state index in [1.54, 1.807) is 30.3 Å². The van der Waals surface area contributed by atoms with Crippen molar-refractivity contribution in [2.75, 3.05) is 0 Å². The molecule has 0 spiro atoms. The maximum Gasteiger partial charge on any atom is 0.250 e. The fourth-order valence-corrected chi connectivity index (χ4v) is 3.45. The highest BCUT2D eigenvalue weighted by atomic mass is 35.5. The van der Waals surface area contributed by atoms with Gasteiger partial charge in [0.2, 0.25) is 0 Å². The van der Waals surface area contributed by atoms with Gasteiger partial charge in [0.25, 0.3) is 5.91 Å². The first-order valence-electron chi connectivity index (χ1n) is 7.73.